The lowest BCUT2D eigenvalue weighted by Crippen LogP contribution is -2.22. The maximum Gasteiger partial charge on any atom is 0.573 e. The van der Waals surface area contributed by atoms with Crippen LogP contribution >= 0.6 is 15.9 Å². The van der Waals surface area contributed by atoms with Crippen molar-refractivity contribution in [3.63, 3.8) is 0 Å². The molecule has 0 unspecified atom stereocenters. The van der Waals surface area contributed by atoms with Crippen molar-refractivity contribution in [2.45, 2.75) is 24.3 Å². The minimum Gasteiger partial charge on any atom is -0.403 e. The number of hydrogen-bond donors (Lipinski definition) is 0. The van der Waals surface area contributed by atoms with Crippen LogP contribution in [0.25, 0.3) is 0 Å². The van der Waals surface area contributed by atoms with Crippen molar-refractivity contribution in [2.75, 3.05) is 0 Å². The van der Waals surface area contributed by atoms with Crippen LogP contribution in [0.3, 0.4) is 0 Å². The molecule has 1 aromatic rings. The van der Waals surface area contributed by atoms with Gasteiger partial charge in [0.1, 0.15) is 5.69 Å². The Morgan fingerprint density at radius 3 is 2.05 bits per heavy atom. The third-order valence-corrected chi connectivity index (χ3v) is 2.55. The van der Waals surface area contributed by atoms with Crippen molar-refractivity contribution in [1.82, 2.24) is 4.98 Å². The number of alkyl halides is 9. The molecule has 0 saturated heterocycles. The zero-order valence-corrected chi connectivity index (χ0v) is 10.7. The van der Waals surface area contributed by atoms with Gasteiger partial charge in [0, 0.05) is 5.33 Å². The number of rotatable bonds is 3. The monoisotopic (exact) mass is 373 g/mol. The lowest BCUT2D eigenvalue weighted by molar-refractivity contribution is -0.276. The molecule has 0 aliphatic carbocycles. The largest absolute Gasteiger partial charge is 0.573 e. The molecule has 0 saturated carbocycles. The average Bonchev–Trinajstić information content (AvgIpc) is 2.24. The Morgan fingerprint density at radius 1 is 1.15 bits per heavy atom. The second-order valence-corrected chi connectivity index (χ2v) is 3.92. The minimum absolute atomic E-state index is 0.236. The van der Waals surface area contributed by atoms with E-state index in [1.165, 1.54) is 0 Å². The Morgan fingerprint density at radius 2 is 1.70 bits per heavy atom. The Kier molecular flexibility index (Phi) is 4.82. The van der Waals surface area contributed by atoms with E-state index in [2.05, 4.69) is 25.7 Å². The van der Waals surface area contributed by atoms with Gasteiger partial charge in [0.2, 0.25) is 0 Å². The number of halogens is 9. The zero-order chi connectivity index (χ0) is 15.7. The fourth-order valence-corrected chi connectivity index (χ4v) is 1.70. The van der Waals surface area contributed by atoms with Crippen LogP contribution in [0, 0.1) is 0 Å². The third-order valence-electron chi connectivity index (χ3n) is 1.94. The maximum absolute atomic E-state index is 12.5. The standard InChI is InChI=1S/C9H4BrF8NO/c10-2-3-1-4(20-9(16,17)18)6(8(13,14)15)19-5(3)7(11)12/h1,7H,2H2. The number of pyridine rings is 1. The fraction of sp³-hybridized carbons (Fsp3) is 0.444. The third kappa shape index (κ3) is 4.18. The normalized spacial score (nSPS) is 12.9. The van der Waals surface area contributed by atoms with Gasteiger partial charge in [-0.2, -0.15) is 13.2 Å². The van der Waals surface area contributed by atoms with Crippen LogP contribution in [-0.4, -0.2) is 11.3 Å². The lowest BCUT2D eigenvalue weighted by atomic mass is 10.1. The summed E-state index contributed by atoms with van der Waals surface area (Å²) in [4.78, 5) is 2.57. The number of hydrogen-bond acceptors (Lipinski definition) is 2. The molecule has 0 aliphatic rings. The molecule has 20 heavy (non-hydrogen) atoms. The molecule has 0 aromatic carbocycles. The smallest absolute Gasteiger partial charge is 0.403 e. The van der Waals surface area contributed by atoms with E-state index in [0.717, 1.165) is 0 Å². The number of ether oxygens (including phenoxy) is 1. The minimum atomic E-state index is -5.41. The van der Waals surface area contributed by atoms with E-state index in [0.29, 0.717) is 0 Å². The maximum atomic E-state index is 12.5. The second kappa shape index (κ2) is 5.70. The van der Waals surface area contributed by atoms with E-state index >= 15 is 0 Å². The molecule has 2 nitrogen and oxygen atoms in total. The summed E-state index contributed by atoms with van der Waals surface area (Å²) in [7, 11) is 0. The molecule has 1 aromatic heterocycles. The van der Waals surface area contributed by atoms with E-state index in [1.807, 2.05) is 0 Å². The molecule has 0 spiro atoms. The molecule has 0 aliphatic heterocycles. The van der Waals surface area contributed by atoms with Crippen molar-refractivity contribution in [3.8, 4) is 5.75 Å². The Hall–Kier alpha value is -1.13. The number of aromatic nitrogens is 1. The van der Waals surface area contributed by atoms with Crippen LogP contribution < -0.4 is 4.74 Å². The summed E-state index contributed by atoms with van der Waals surface area (Å²) < 4.78 is 102. The topological polar surface area (TPSA) is 22.1 Å². The second-order valence-electron chi connectivity index (χ2n) is 3.36. The molecule has 0 bridgehead atoms. The van der Waals surface area contributed by atoms with Crippen molar-refractivity contribution < 1.29 is 39.9 Å². The predicted molar refractivity (Wildman–Crippen MR) is 53.5 cm³/mol. The molecule has 0 atom stereocenters. The van der Waals surface area contributed by atoms with Gasteiger partial charge >= 0.3 is 12.5 Å². The zero-order valence-electron chi connectivity index (χ0n) is 9.12. The molecule has 0 fully saturated rings. The lowest BCUT2D eigenvalue weighted by Gasteiger charge is -2.17. The van der Waals surface area contributed by atoms with E-state index in [9.17, 15) is 35.1 Å². The first-order chi connectivity index (χ1) is 8.95. The van der Waals surface area contributed by atoms with Gasteiger partial charge < -0.3 is 4.74 Å². The van der Waals surface area contributed by atoms with Crippen molar-refractivity contribution >= 4 is 15.9 Å². The van der Waals surface area contributed by atoms with Gasteiger partial charge in [0.05, 0.1) is 0 Å². The first-order valence-corrected chi connectivity index (χ1v) is 5.78. The molecular weight excluding hydrogens is 370 g/mol. The summed E-state index contributed by atoms with van der Waals surface area (Å²) in [5, 5.41) is -0.411. The SMILES string of the molecule is FC(F)c1nc(C(F)(F)F)c(OC(F)(F)F)cc1CBr. The van der Waals surface area contributed by atoms with Crippen LogP contribution in [0.2, 0.25) is 0 Å². The highest BCUT2D eigenvalue weighted by Crippen LogP contribution is 2.40. The molecule has 1 rings (SSSR count). The van der Waals surface area contributed by atoms with Crippen molar-refractivity contribution in [3.05, 3.63) is 23.0 Å². The Bertz CT molecular complexity index is 484. The van der Waals surface area contributed by atoms with E-state index in [1.54, 1.807) is 0 Å². The highest BCUT2D eigenvalue weighted by Gasteiger charge is 2.42. The summed E-state index contributed by atoms with van der Waals surface area (Å²) in [6.45, 7) is 0. The summed E-state index contributed by atoms with van der Waals surface area (Å²) in [5.74, 6) is -1.68. The first-order valence-electron chi connectivity index (χ1n) is 4.66. The van der Waals surface area contributed by atoms with Crippen molar-refractivity contribution in [1.29, 1.82) is 0 Å². The van der Waals surface area contributed by atoms with Crippen LogP contribution in [0.15, 0.2) is 6.07 Å². The molecule has 1 heterocycles. The Balaban J connectivity index is 3.48. The van der Waals surface area contributed by atoms with Gasteiger partial charge in [0.25, 0.3) is 6.43 Å². The van der Waals surface area contributed by atoms with E-state index in [4.69, 9.17) is 0 Å². The van der Waals surface area contributed by atoms with Gasteiger partial charge in [-0.3, -0.25) is 0 Å². The molecule has 0 N–H and O–H groups in total. The fourth-order valence-electron chi connectivity index (χ4n) is 1.25. The predicted octanol–water partition coefficient (Wildman–Crippen LogP) is 4.83. The molecule has 114 valence electrons. The van der Waals surface area contributed by atoms with E-state index in [-0.39, 0.29) is 6.07 Å². The highest BCUT2D eigenvalue weighted by atomic mass is 79.9. The summed E-state index contributed by atoms with van der Waals surface area (Å²) in [6.07, 6.45) is -14.1. The van der Waals surface area contributed by atoms with Gasteiger partial charge in [-0.05, 0) is 11.6 Å². The molecule has 0 radical (unpaired) electrons. The van der Waals surface area contributed by atoms with Crippen LogP contribution in [0.5, 0.6) is 5.75 Å². The molecule has 0 amide bonds. The number of nitrogens with zero attached hydrogens (tertiary/aromatic N) is 1. The first kappa shape index (κ1) is 16.9. The van der Waals surface area contributed by atoms with Gasteiger partial charge in [-0.15, -0.1) is 13.2 Å². The summed E-state index contributed by atoms with van der Waals surface area (Å²) >= 11 is 2.67. The van der Waals surface area contributed by atoms with Crippen molar-refractivity contribution in [2.24, 2.45) is 0 Å². The quantitative estimate of drug-likeness (QED) is 0.559. The molecular formula is C9H4BrF8NO. The average molecular weight is 374 g/mol. The highest BCUT2D eigenvalue weighted by molar-refractivity contribution is 9.08. The van der Waals surface area contributed by atoms with Crippen LogP contribution in [0.1, 0.15) is 23.4 Å². The van der Waals surface area contributed by atoms with Crippen LogP contribution in [-0.2, 0) is 11.5 Å². The molecule has 11 heteroatoms. The summed E-state index contributed by atoms with van der Waals surface area (Å²) in [6, 6.07) is 0.236. The van der Waals surface area contributed by atoms with Gasteiger partial charge in [0.15, 0.2) is 11.4 Å². The van der Waals surface area contributed by atoms with Gasteiger partial charge in [-0.25, -0.2) is 13.8 Å². The van der Waals surface area contributed by atoms with Gasteiger partial charge in [-0.1, -0.05) is 15.9 Å². The Labute approximate surface area is 114 Å². The van der Waals surface area contributed by atoms with E-state index < -0.39 is 47.0 Å². The summed E-state index contributed by atoms with van der Waals surface area (Å²) in [5.41, 5.74) is -3.95. The van der Waals surface area contributed by atoms with Crippen LogP contribution in [0.4, 0.5) is 35.1 Å².